The number of carbonyl (C=O) groups is 2. The molecule has 0 aliphatic rings. The molecule has 0 spiro atoms. The Balaban J connectivity index is 3.02. The van der Waals surface area contributed by atoms with E-state index in [0.717, 1.165) is 30.4 Å². The maximum atomic E-state index is 12.3. The molecule has 4 heteroatoms. The van der Waals surface area contributed by atoms with Gasteiger partial charge in [-0.3, -0.25) is 4.79 Å². The first-order valence-electron chi connectivity index (χ1n) is 7.00. The summed E-state index contributed by atoms with van der Waals surface area (Å²) < 4.78 is 4.92. The highest BCUT2D eigenvalue weighted by molar-refractivity contribution is 6.00. The van der Waals surface area contributed by atoms with Crippen LogP contribution in [-0.4, -0.2) is 30.1 Å². The van der Waals surface area contributed by atoms with Crippen LogP contribution >= 0.6 is 0 Å². The summed E-state index contributed by atoms with van der Waals surface area (Å²) >= 11 is 0. The van der Waals surface area contributed by atoms with Crippen LogP contribution in [0, 0.1) is 0 Å². The Morgan fingerprint density at radius 1 is 1.00 bits per heavy atom. The molecule has 0 fully saturated rings. The fraction of sp³-hybridized carbons (Fsp3) is 0.500. The number of rotatable bonds is 8. The van der Waals surface area contributed by atoms with Gasteiger partial charge in [0.05, 0.1) is 0 Å². The van der Waals surface area contributed by atoms with E-state index in [2.05, 4.69) is 19.1 Å². The molecule has 1 rings (SSSR count). The van der Waals surface area contributed by atoms with Crippen molar-refractivity contribution in [3.8, 4) is 0 Å². The highest BCUT2D eigenvalue weighted by atomic mass is 16.5. The summed E-state index contributed by atoms with van der Waals surface area (Å²) in [5, 5.41) is 8.53. The summed E-state index contributed by atoms with van der Waals surface area (Å²) in [6.45, 7) is 5.50. The molecule has 0 aliphatic carbocycles. The molecule has 0 heterocycles. The molecule has 4 nitrogen and oxygen atoms in total. The average Bonchev–Trinajstić information content (AvgIpc) is 2.44. The zero-order chi connectivity index (χ0) is 15.1. The van der Waals surface area contributed by atoms with Crippen LogP contribution in [0.1, 0.15) is 47.8 Å². The van der Waals surface area contributed by atoms with Crippen molar-refractivity contribution in [2.24, 2.45) is 0 Å². The molecule has 0 saturated heterocycles. The standard InChI is InChI=1S/C16H22O4/c1-4-11-7-12(5-2)16(13(6-3)8-11)14(17)9-20-10-15(18)19/h7-8H,4-6,9-10H2,1-3H3,(H,18,19). The molecule has 1 N–H and O–H groups in total. The number of hydrogen-bond donors (Lipinski definition) is 1. The van der Waals surface area contributed by atoms with Crippen molar-refractivity contribution >= 4 is 11.8 Å². The minimum Gasteiger partial charge on any atom is -0.480 e. The molecule has 1 aromatic rings. The Bertz CT molecular complexity index is 466. The fourth-order valence-electron chi connectivity index (χ4n) is 2.26. The second-order valence-corrected chi connectivity index (χ2v) is 4.66. The Morgan fingerprint density at radius 3 is 1.95 bits per heavy atom. The average molecular weight is 278 g/mol. The Morgan fingerprint density at radius 2 is 1.55 bits per heavy atom. The molecular formula is C16H22O4. The van der Waals surface area contributed by atoms with Gasteiger partial charge >= 0.3 is 5.97 Å². The maximum absolute atomic E-state index is 12.3. The summed E-state index contributed by atoms with van der Waals surface area (Å²) in [4.78, 5) is 22.7. The van der Waals surface area contributed by atoms with Crippen LogP contribution in [0.15, 0.2) is 12.1 Å². The van der Waals surface area contributed by atoms with E-state index in [0.29, 0.717) is 5.56 Å². The van der Waals surface area contributed by atoms with Crippen LogP contribution in [0.25, 0.3) is 0 Å². The molecule has 1 aromatic carbocycles. The van der Waals surface area contributed by atoms with Gasteiger partial charge in [-0.25, -0.2) is 4.79 Å². The predicted molar refractivity (Wildman–Crippen MR) is 77.4 cm³/mol. The third-order valence-corrected chi connectivity index (χ3v) is 3.27. The number of ether oxygens (including phenoxy) is 1. The molecule has 20 heavy (non-hydrogen) atoms. The number of aliphatic carboxylic acids is 1. The fourth-order valence-corrected chi connectivity index (χ4v) is 2.26. The van der Waals surface area contributed by atoms with Gasteiger partial charge in [-0.05, 0) is 36.0 Å². The van der Waals surface area contributed by atoms with Gasteiger partial charge in [0.1, 0.15) is 13.2 Å². The third kappa shape index (κ3) is 4.17. The molecule has 0 radical (unpaired) electrons. The third-order valence-electron chi connectivity index (χ3n) is 3.27. The molecule has 0 unspecified atom stereocenters. The first-order chi connectivity index (χ1) is 9.53. The van der Waals surface area contributed by atoms with Crippen molar-refractivity contribution in [1.29, 1.82) is 0 Å². The number of hydrogen-bond acceptors (Lipinski definition) is 3. The Labute approximate surface area is 119 Å². The van der Waals surface area contributed by atoms with Gasteiger partial charge in [-0.2, -0.15) is 0 Å². The largest absolute Gasteiger partial charge is 0.480 e. The lowest BCUT2D eigenvalue weighted by atomic mass is 9.91. The molecule has 0 saturated carbocycles. The molecule has 0 aliphatic heterocycles. The number of ketones is 1. The van der Waals surface area contributed by atoms with Crippen LogP contribution in [0.4, 0.5) is 0 Å². The van der Waals surface area contributed by atoms with Crippen molar-refractivity contribution in [3.63, 3.8) is 0 Å². The van der Waals surface area contributed by atoms with Gasteiger partial charge in [0.15, 0.2) is 5.78 Å². The second-order valence-electron chi connectivity index (χ2n) is 4.66. The number of benzene rings is 1. The molecule has 0 bridgehead atoms. The lowest BCUT2D eigenvalue weighted by Gasteiger charge is -2.14. The minimum absolute atomic E-state index is 0.136. The highest BCUT2D eigenvalue weighted by Gasteiger charge is 2.16. The summed E-state index contributed by atoms with van der Waals surface area (Å²) in [7, 11) is 0. The van der Waals surface area contributed by atoms with E-state index in [9.17, 15) is 9.59 Å². The van der Waals surface area contributed by atoms with Crippen LogP contribution in [0.5, 0.6) is 0 Å². The lowest BCUT2D eigenvalue weighted by Crippen LogP contribution is -2.17. The first-order valence-corrected chi connectivity index (χ1v) is 7.00. The predicted octanol–water partition coefficient (Wildman–Crippen LogP) is 2.66. The molecule has 0 atom stereocenters. The van der Waals surface area contributed by atoms with E-state index in [1.165, 1.54) is 5.56 Å². The number of Topliss-reactive ketones (excluding diaryl/α,β-unsaturated/α-hetero) is 1. The van der Waals surface area contributed by atoms with Gasteiger partial charge in [-0.15, -0.1) is 0 Å². The summed E-state index contributed by atoms with van der Waals surface area (Å²) in [5.74, 6) is -1.20. The van der Waals surface area contributed by atoms with Gasteiger partial charge in [0, 0.05) is 5.56 Å². The number of carbonyl (C=O) groups excluding carboxylic acids is 1. The van der Waals surface area contributed by atoms with E-state index in [-0.39, 0.29) is 12.4 Å². The highest BCUT2D eigenvalue weighted by Crippen LogP contribution is 2.21. The van der Waals surface area contributed by atoms with Gasteiger partial charge in [0.25, 0.3) is 0 Å². The zero-order valence-corrected chi connectivity index (χ0v) is 12.4. The van der Waals surface area contributed by atoms with E-state index >= 15 is 0 Å². The topological polar surface area (TPSA) is 63.6 Å². The molecule has 0 amide bonds. The van der Waals surface area contributed by atoms with Gasteiger partial charge in [0.2, 0.25) is 0 Å². The maximum Gasteiger partial charge on any atom is 0.329 e. The lowest BCUT2D eigenvalue weighted by molar-refractivity contribution is -0.141. The van der Waals surface area contributed by atoms with Crippen molar-refractivity contribution in [1.82, 2.24) is 0 Å². The summed E-state index contributed by atoms with van der Waals surface area (Å²) in [6, 6.07) is 4.12. The Kier molecular flexibility index (Phi) is 6.39. The number of aryl methyl sites for hydroxylation is 3. The smallest absolute Gasteiger partial charge is 0.329 e. The van der Waals surface area contributed by atoms with Crippen LogP contribution < -0.4 is 0 Å². The summed E-state index contributed by atoms with van der Waals surface area (Å²) in [5.41, 5.74) is 3.97. The normalized spacial score (nSPS) is 10.6. The molecular weight excluding hydrogens is 256 g/mol. The van der Waals surface area contributed by atoms with E-state index < -0.39 is 12.6 Å². The van der Waals surface area contributed by atoms with Crippen molar-refractivity contribution in [2.75, 3.05) is 13.2 Å². The van der Waals surface area contributed by atoms with E-state index in [1.807, 2.05) is 13.8 Å². The van der Waals surface area contributed by atoms with Crippen LogP contribution in [0.2, 0.25) is 0 Å². The van der Waals surface area contributed by atoms with Crippen LogP contribution in [-0.2, 0) is 28.8 Å². The number of carboxylic acids is 1. The van der Waals surface area contributed by atoms with Gasteiger partial charge in [-0.1, -0.05) is 32.9 Å². The van der Waals surface area contributed by atoms with E-state index in [1.54, 1.807) is 0 Å². The summed E-state index contributed by atoms with van der Waals surface area (Å²) in [6.07, 6.45) is 2.49. The van der Waals surface area contributed by atoms with Crippen molar-refractivity contribution in [3.05, 3.63) is 34.4 Å². The Hall–Kier alpha value is -1.68. The molecule has 0 aromatic heterocycles. The quantitative estimate of drug-likeness (QED) is 0.742. The monoisotopic (exact) mass is 278 g/mol. The second kappa shape index (κ2) is 7.80. The number of carboxylic acid groups (broad SMARTS) is 1. The SMILES string of the molecule is CCc1cc(CC)c(C(=O)COCC(=O)O)c(CC)c1. The van der Waals surface area contributed by atoms with Gasteiger partial charge < -0.3 is 9.84 Å². The van der Waals surface area contributed by atoms with Crippen molar-refractivity contribution in [2.45, 2.75) is 40.0 Å². The minimum atomic E-state index is -1.06. The zero-order valence-electron chi connectivity index (χ0n) is 12.4. The van der Waals surface area contributed by atoms with Crippen LogP contribution in [0.3, 0.4) is 0 Å². The van der Waals surface area contributed by atoms with E-state index in [4.69, 9.17) is 9.84 Å². The van der Waals surface area contributed by atoms with Crippen molar-refractivity contribution < 1.29 is 19.4 Å². The molecule has 110 valence electrons. The first kappa shape index (κ1) is 16.4.